The fourth-order valence-corrected chi connectivity index (χ4v) is 4.70. The van der Waals surface area contributed by atoms with E-state index in [2.05, 4.69) is 0 Å². The Kier molecular flexibility index (Phi) is 4.12. The molecule has 0 saturated carbocycles. The van der Waals surface area contributed by atoms with Gasteiger partial charge in [0.1, 0.15) is 0 Å². The van der Waals surface area contributed by atoms with Crippen LogP contribution >= 0.6 is 0 Å². The molecule has 8 heteroatoms. The summed E-state index contributed by atoms with van der Waals surface area (Å²) in [6, 6.07) is 5.32. The van der Waals surface area contributed by atoms with Crippen molar-refractivity contribution in [1.82, 2.24) is 4.90 Å². The third kappa shape index (κ3) is 3.62. The van der Waals surface area contributed by atoms with Gasteiger partial charge in [0.2, 0.25) is 0 Å². The number of hydrogen-bond donors (Lipinski definition) is 0. The Bertz CT molecular complexity index is 750. The SMILES string of the molecule is CN(C(=O)c1ccc(S(C)(=O)=O)cc1)[C@@H]1CCS(=O)(=O)C1. The highest BCUT2D eigenvalue weighted by Gasteiger charge is 2.33. The molecule has 1 atom stereocenters. The van der Waals surface area contributed by atoms with Gasteiger partial charge in [0.05, 0.1) is 16.4 Å². The zero-order valence-corrected chi connectivity index (χ0v) is 13.4. The summed E-state index contributed by atoms with van der Waals surface area (Å²) >= 11 is 0. The Hall–Kier alpha value is -1.41. The molecule has 1 amide bonds. The number of rotatable bonds is 3. The topological polar surface area (TPSA) is 88.6 Å². The average Bonchev–Trinajstić information content (AvgIpc) is 2.76. The third-order valence-corrected chi connectivity index (χ3v) is 6.48. The van der Waals surface area contributed by atoms with Crippen LogP contribution < -0.4 is 0 Å². The molecule has 1 fully saturated rings. The van der Waals surface area contributed by atoms with Gasteiger partial charge in [-0.25, -0.2) is 16.8 Å². The second kappa shape index (κ2) is 5.42. The highest BCUT2D eigenvalue weighted by atomic mass is 32.2. The van der Waals surface area contributed by atoms with Gasteiger partial charge in [-0.1, -0.05) is 0 Å². The number of benzene rings is 1. The predicted octanol–water partition coefficient (Wildman–Crippen LogP) is 0.349. The van der Waals surface area contributed by atoms with Crippen molar-refractivity contribution < 1.29 is 21.6 Å². The summed E-state index contributed by atoms with van der Waals surface area (Å²) in [5, 5.41) is 0. The maximum Gasteiger partial charge on any atom is 0.253 e. The first-order valence-electron chi connectivity index (χ1n) is 6.38. The maximum absolute atomic E-state index is 12.3. The van der Waals surface area contributed by atoms with Crippen LogP contribution in [0, 0.1) is 0 Å². The Morgan fingerprint density at radius 3 is 2.24 bits per heavy atom. The molecule has 1 aliphatic heterocycles. The molecule has 1 aromatic rings. The molecule has 1 aromatic carbocycles. The quantitative estimate of drug-likeness (QED) is 0.797. The minimum absolute atomic E-state index is 0.0172. The Morgan fingerprint density at radius 1 is 1.24 bits per heavy atom. The summed E-state index contributed by atoms with van der Waals surface area (Å²) in [6.45, 7) is 0. The molecule has 0 aromatic heterocycles. The molecule has 0 spiro atoms. The summed E-state index contributed by atoms with van der Waals surface area (Å²) < 4.78 is 45.6. The lowest BCUT2D eigenvalue weighted by molar-refractivity contribution is 0.0747. The fraction of sp³-hybridized carbons (Fsp3) is 0.462. The fourth-order valence-electron chi connectivity index (χ4n) is 2.30. The van der Waals surface area contributed by atoms with Crippen molar-refractivity contribution in [1.29, 1.82) is 0 Å². The zero-order chi connectivity index (χ0) is 15.8. The smallest absolute Gasteiger partial charge is 0.253 e. The Balaban J connectivity index is 2.17. The molecule has 1 heterocycles. The predicted molar refractivity (Wildman–Crippen MR) is 78.7 cm³/mol. The van der Waals surface area contributed by atoms with Crippen molar-refractivity contribution in [3.05, 3.63) is 29.8 Å². The van der Waals surface area contributed by atoms with Crippen molar-refractivity contribution in [3.63, 3.8) is 0 Å². The lowest BCUT2D eigenvalue weighted by Crippen LogP contribution is -2.37. The number of carbonyl (C=O) groups excluding carboxylic acids is 1. The van der Waals surface area contributed by atoms with E-state index in [0.717, 1.165) is 6.26 Å². The van der Waals surface area contributed by atoms with Crippen LogP contribution in [0.25, 0.3) is 0 Å². The minimum Gasteiger partial charge on any atom is -0.338 e. The second-order valence-corrected chi connectivity index (χ2v) is 9.51. The summed E-state index contributed by atoms with van der Waals surface area (Å²) in [6.07, 6.45) is 1.53. The summed E-state index contributed by atoms with van der Waals surface area (Å²) in [5.41, 5.74) is 0.342. The molecule has 21 heavy (non-hydrogen) atoms. The molecular formula is C13H17NO5S2. The van der Waals surface area contributed by atoms with Gasteiger partial charge in [0.25, 0.3) is 5.91 Å². The monoisotopic (exact) mass is 331 g/mol. The zero-order valence-electron chi connectivity index (χ0n) is 11.8. The molecule has 116 valence electrons. The van der Waals surface area contributed by atoms with Gasteiger partial charge in [-0.2, -0.15) is 0 Å². The van der Waals surface area contributed by atoms with Gasteiger partial charge in [0, 0.05) is 24.9 Å². The van der Waals surface area contributed by atoms with E-state index >= 15 is 0 Å². The first-order chi connectivity index (χ1) is 9.60. The molecule has 6 nitrogen and oxygen atoms in total. The van der Waals surface area contributed by atoms with E-state index in [1.807, 2.05) is 0 Å². The van der Waals surface area contributed by atoms with Gasteiger partial charge >= 0.3 is 0 Å². The lowest BCUT2D eigenvalue weighted by Gasteiger charge is -2.23. The van der Waals surface area contributed by atoms with E-state index in [4.69, 9.17) is 0 Å². The summed E-state index contributed by atoms with van der Waals surface area (Å²) in [5.74, 6) is -0.226. The summed E-state index contributed by atoms with van der Waals surface area (Å²) in [4.78, 5) is 13.8. The lowest BCUT2D eigenvalue weighted by atomic mass is 10.1. The standard InChI is InChI=1S/C13H17NO5S2/c1-14(11-7-8-21(18,19)9-11)13(15)10-3-5-12(6-4-10)20(2,16)17/h3-6,11H,7-9H2,1-2H3/t11-/m1/s1. The molecule has 0 N–H and O–H groups in total. The maximum atomic E-state index is 12.3. The number of nitrogens with zero attached hydrogens (tertiary/aromatic N) is 1. The highest BCUT2D eigenvalue weighted by Crippen LogP contribution is 2.19. The molecule has 1 saturated heterocycles. The molecule has 0 unspecified atom stereocenters. The normalized spacial score (nSPS) is 21.1. The van der Waals surface area contributed by atoms with Crippen molar-refractivity contribution >= 4 is 25.6 Å². The van der Waals surface area contributed by atoms with Gasteiger partial charge in [0.15, 0.2) is 19.7 Å². The molecular weight excluding hydrogens is 314 g/mol. The van der Waals surface area contributed by atoms with Crippen molar-refractivity contribution in [2.24, 2.45) is 0 Å². The van der Waals surface area contributed by atoms with E-state index in [1.54, 1.807) is 7.05 Å². The van der Waals surface area contributed by atoms with E-state index in [0.29, 0.717) is 12.0 Å². The number of amides is 1. The summed E-state index contributed by atoms with van der Waals surface area (Å²) in [7, 11) is -4.79. The van der Waals surface area contributed by atoms with Crippen LogP contribution in [0.5, 0.6) is 0 Å². The van der Waals surface area contributed by atoms with Crippen LogP contribution in [0.4, 0.5) is 0 Å². The van der Waals surface area contributed by atoms with Gasteiger partial charge in [-0.3, -0.25) is 4.79 Å². The van der Waals surface area contributed by atoms with Crippen LogP contribution in [0.1, 0.15) is 16.8 Å². The second-order valence-electron chi connectivity index (χ2n) is 5.27. The van der Waals surface area contributed by atoms with E-state index < -0.39 is 19.7 Å². The van der Waals surface area contributed by atoms with Crippen molar-refractivity contribution in [2.45, 2.75) is 17.4 Å². The molecule has 2 rings (SSSR count). The number of sulfone groups is 2. The Morgan fingerprint density at radius 2 is 1.81 bits per heavy atom. The Labute approximate surface area is 124 Å². The van der Waals surface area contributed by atoms with Crippen molar-refractivity contribution in [2.75, 3.05) is 24.8 Å². The average molecular weight is 331 g/mol. The molecule has 0 radical (unpaired) electrons. The van der Waals surface area contributed by atoms with Crippen LogP contribution in [-0.2, 0) is 19.7 Å². The first-order valence-corrected chi connectivity index (χ1v) is 10.1. The van der Waals surface area contributed by atoms with Crippen LogP contribution in [0.2, 0.25) is 0 Å². The van der Waals surface area contributed by atoms with E-state index in [1.165, 1.54) is 29.2 Å². The highest BCUT2D eigenvalue weighted by molar-refractivity contribution is 7.91. The van der Waals surface area contributed by atoms with Crippen molar-refractivity contribution in [3.8, 4) is 0 Å². The molecule has 0 aliphatic carbocycles. The minimum atomic E-state index is -3.30. The third-order valence-electron chi connectivity index (χ3n) is 3.61. The van der Waals surface area contributed by atoms with Crippen LogP contribution in [-0.4, -0.2) is 58.5 Å². The number of hydrogen-bond acceptors (Lipinski definition) is 5. The van der Waals surface area contributed by atoms with E-state index in [-0.39, 0.29) is 28.4 Å². The molecule has 0 bridgehead atoms. The van der Waals surface area contributed by atoms with Crippen LogP contribution in [0.15, 0.2) is 29.2 Å². The molecule has 1 aliphatic rings. The largest absolute Gasteiger partial charge is 0.338 e. The number of carbonyl (C=O) groups is 1. The van der Waals surface area contributed by atoms with Gasteiger partial charge in [-0.15, -0.1) is 0 Å². The first kappa shape index (κ1) is 16.0. The van der Waals surface area contributed by atoms with Crippen LogP contribution in [0.3, 0.4) is 0 Å². The van der Waals surface area contributed by atoms with Gasteiger partial charge < -0.3 is 4.90 Å². The van der Waals surface area contributed by atoms with Gasteiger partial charge in [-0.05, 0) is 30.7 Å². The van der Waals surface area contributed by atoms with E-state index in [9.17, 15) is 21.6 Å².